The fourth-order valence-corrected chi connectivity index (χ4v) is 3.20. The number of rotatable bonds is 8. The number of aliphatic hydroxyl groups is 1. The van der Waals surface area contributed by atoms with Crippen LogP contribution in [-0.4, -0.2) is 63.0 Å². The number of aliphatic hydroxyl groups excluding tert-OH is 1. The van der Waals surface area contributed by atoms with Gasteiger partial charge in [0.25, 0.3) is 5.91 Å². The maximum atomic E-state index is 12.3. The van der Waals surface area contributed by atoms with Crippen LogP contribution in [0.15, 0.2) is 30.7 Å². The van der Waals surface area contributed by atoms with E-state index in [-0.39, 0.29) is 24.7 Å². The number of ether oxygens (including phenoxy) is 2. The van der Waals surface area contributed by atoms with Crippen molar-refractivity contribution in [1.29, 1.82) is 0 Å². The number of aryl methyl sites for hydroxylation is 1. The van der Waals surface area contributed by atoms with E-state index in [1.165, 1.54) is 0 Å². The lowest BCUT2D eigenvalue weighted by atomic mass is 9.97. The average molecular weight is 375 g/mol. The number of hydrogen-bond donors (Lipinski definition) is 2. The molecule has 3 atom stereocenters. The van der Waals surface area contributed by atoms with Gasteiger partial charge >= 0.3 is 0 Å². The molecule has 0 unspecified atom stereocenters. The molecular formula is C18H25N5O4. The molecule has 1 saturated heterocycles. The van der Waals surface area contributed by atoms with Gasteiger partial charge in [-0.1, -0.05) is 5.21 Å². The second kappa shape index (κ2) is 9.54. The topological polar surface area (TPSA) is 111 Å². The molecule has 0 saturated carbocycles. The van der Waals surface area contributed by atoms with Gasteiger partial charge in [0.1, 0.15) is 11.8 Å². The van der Waals surface area contributed by atoms with E-state index in [0.29, 0.717) is 18.7 Å². The first-order valence-electron chi connectivity index (χ1n) is 9.04. The van der Waals surface area contributed by atoms with Gasteiger partial charge in [-0.25, -0.2) is 0 Å². The Balaban J connectivity index is 1.49. The summed E-state index contributed by atoms with van der Waals surface area (Å²) in [6.07, 6.45) is 6.91. The Bertz CT molecular complexity index is 724. The predicted octanol–water partition coefficient (Wildman–Crippen LogP) is 0.548. The van der Waals surface area contributed by atoms with Crippen LogP contribution >= 0.6 is 0 Å². The van der Waals surface area contributed by atoms with E-state index in [0.717, 1.165) is 25.0 Å². The second-order valence-corrected chi connectivity index (χ2v) is 6.57. The van der Waals surface area contributed by atoms with Gasteiger partial charge in [-0.15, -0.1) is 5.10 Å². The summed E-state index contributed by atoms with van der Waals surface area (Å²) in [6.45, 7) is 0.970. The standard InChI is InChI=1S/C18H25N5O4/c1-26-12-14-10-23(22-21-14)9-6-15-2-3-16(17(11-24)27-15)20-18(25)13-4-7-19-8-5-13/h4-5,7-8,10,15-17,24H,2-3,6,9,11-12H2,1H3,(H,20,25)/t15-,16+,17-/m1/s1. The minimum Gasteiger partial charge on any atom is -0.394 e. The molecule has 0 aliphatic carbocycles. The van der Waals surface area contributed by atoms with Crippen LogP contribution in [0.4, 0.5) is 0 Å². The highest BCUT2D eigenvalue weighted by atomic mass is 16.5. The van der Waals surface area contributed by atoms with Crippen LogP contribution in [0.1, 0.15) is 35.3 Å². The molecule has 2 aromatic heterocycles. The van der Waals surface area contributed by atoms with Crippen LogP contribution in [0.2, 0.25) is 0 Å². The Morgan fingerprint density at radius 2 is 2.22 bits per heavy atom. The Labute approximate surface area is 157 Å². The highest BCUT2D eigenvalue weighted by Gasteiger charge is 2.32. The number of carbonyl (C=O) groups excluding carboxylic acids is 1. The summed E-state index contributed by atoms with van der Waals surface area (Å²) in [6, 6.07) is 3.10. The molecule has 1 aliphatic rings. The summed E-state index contributed by atoms with van der Waals surface area (Å²) >= 11 is 0. The number of nitrogens with one attached hydrogen (secondary N) is 1. The van der Waals surface area contributed by atoms with E-state index in [1.807, 2.05) is 6.20 Å². The van der Waals surface area contributed by atoms with Gasteiger partial charge in [0.15, 0.2) is 0 Å². The maximum Gasteiger partial charge on any atom is 0.251 e. The molecule has 1 aliphatic heterocycles. The Hall–Kier alpha value is -2.36. The first-order chi connectivity index (χ1) is 13.2. The van der Waals surface area contributed by atoms with Crippen molar-refractivity contribution in [2.75, 3.05) is 13.7 Å². The number of aromatic nitrogens is 4. The fourth-order valence-electron chi connectivity index (χ4n) is 3.20. The molecule has 2 aromatic rings. The lowest BCUT2D eigenvalue weighted by molar-refractivity contribution is -0.0912. The number of carbonyl (C=O) groups is 1. The number of methoxy groups -OCH3 is 1. The maximum absolute atomic E-state index is 12.3. The summed E-state index contributed by atoms with van der Waals surface area (Å²) in [5.74, 6) is -0.184. The minimum atomic E-state index is -0.422. The van der Waals surface area contributed by atoms with E-state index in [4.69, 9.17) is 9.47 Å². The second-order valence-electron chi connectivity index (χ2n) is 6.57. The quantitative estimate of drug-likeness (QED) is 0.693. The summed E-state index contributed by atoms with van der Waals surface area (Å²) in [5.41, 5.74) is 1.33. The Kier molecular flexibility index (Phi) is 6.86. The zero-order valence-electron chi connectivity index (χ0n) is 15.3. The number of hydrogen-bond acceptors (Lipinski definition) is 7. The monoisotopic (exact) mass is 375 g/mol. The molecule has 0 aromatic carbocycles. The molecule has 1 fully saturated rings. The van der Waals surface area contributed by atoms with Crippen molar-refractivity contribution in [3.05, 3.63) is 42.0 Å². The summed E-state index contributed by atoms with van der Waals surface area (Å²) in [4.78, 5) is 16.2. The van der Waals surface area contributed by atoms with E-state index in [9.17, 15) is 9.90 Å². The largest absolute Gasteiger partial charge is 0.394 e. The van der Waals surface area contributed by atoms with Crippen molar-refractivity contribution in [1.82, 2.24) is 25.3 Å². The highest BCUT2D eigenvalue weighted by Crippen LogP contribution is 2.22. The molecule has 0 radical (unpaired) electrons. The lowest BCUT2D eigenvalue weighted by Crippen LogP contribution is -2.51. The predicted molar refractivity (Wildman–Crippen MR) is 95.8 cm³/mol. The molecule has 9 nitrogen and oxygen atoms in total. The minimum absolute atomic E-state index is 0.00584. The third-order valence-corrected chi connectivity index (χ3v) is 4.61. The SMILES string of the molecule is COCc1cn(CC[C@H]2CC[C@H](NC(=O)c3ccncc3)[C@@H](CO)O2)nn1. The van der Waals surface area contributed by atoms with Crippen molar-refractivity contribution in [2.24, 2.45) is 0 Å². The van der Waals surface area contributed by atoms with E-state index < -0.39 is 6.10 Å². The molecule has 27 heavy (non-hydrogen) atoms. The van der Waals surface area contributed by atoms with Crippen LogP contribution in [0, 0.1) is 0 Å². The van der Waals surface area contributed by atoms with Crippen LogP contribution in [0.5, 0.6) is 0 Å². The molecule has 2 N–H and O–H groups in total. The van der Waals surface area contributed by atoms with Gasteiger partial charge in [-0.05, 0) is 31.4 Å². The lowest BCUT2D eigenvalue weighted by Gasteiger charge is -2.36. The number of nitrogens with zero attached hydrogens (tertiary/aromatic N) is 4. The summed E-state index contributed by atoms with van der Waals surface area (Å²) in [7, 11) is 1.62. The van der Waals surface area contributed by atoms with Crippen molar-refractivity contribution in [2.45, 2.75) is 50.7 Å². The molecule has 3 heterocycles. The Morgan fingerprint density at radius 1 is 1.41 bits per heavy atom. The van der Waals surface area contributed by atoms with Crippen LogP contribution in [0.25, 0.3) is 0 Å². The van der Waals surface area contributed by atoms with Gasteiger partial charge in [-0.3, -0.25) is 14.5 Å². The number of amides is 1. The van der Waals surface area contributed by atoms with Crippen molar-refractivity contribution < 1.29 is 19.4 Å². The van der Waals surface area contributed by atoms with Crippen LogP contribution in [0.3, 0.4) is 0 Å². The Morgan fingerprint density at radius 3 is 2.96 bits per heavy atom. The summed E-state index contributed by atoms with van der Waals surface area (Å²) < 4.78 is 12.8. The van der Waals surface area contributed by atoms with Gasteiger partial charge in [0.05, 0.1) is 31.6 Å². The third-order valence-electron chi connectivity index (χ3n) is 4.61. The van der Waals surface area contributed by atoms with E-state index in [2.05, 4.69) is 20.6 Å². The fraction of sp³-hybridized carbons (Fsp3) is 0.556. The molecule has 1 amide bonds. The van der Waals surface area contributed by atoms with Gasteiger partial charge in [0.2, 0.25) is 0 Å². The normalized spacial score (nSPS) is 22.5. The molecule has 146 valence electrons. The molecule has 9 heteroatoms. The molecular weight excluding hydrogens is 350 g/mol. The van der Waals surface area contributed by atoms with E-state index >= 15 is 0 Å². The zero-order chi connectivity index (χ0) is 19.1. The molecule has 3 rings (SSSR count). The third kappa shape index (κ3) is 5.31. The molecule has 0 bridgehead atoms. The van der Waals surface area contributed by atoms with E-state index in [1.54, 1.807) is 36.3 Å². The van der Waals surface area contributed by atoms with Crippen molar-refractivity contribution >= 4 is 5.91 Å². The first-order valence-corrected chi connectivity index (χ1v) is 9.04. The average Bonchev–Trinajstić information content (AvgIpc) is 3.15. The first kappa shape index (κ1) is 19.4. The van der Waals surface area contributed by atoms with Crippen molar-refractivity contribution in [3.8, 4) is 0 Å². The molecule has 0 spiro atoms. The van der Waals surface area contributed by atoms with Crippen LogP contribution in [-0.2, 0) is 22.6 Å². The van der Waals surface area contributed by atoms with Gasteiger partial charge < -0.3 is 19.9 Å². The number of pyridine rings is 1. The summed E-state index contributed by atoms with van der Waals surface area (Å²) in [5, 5.41) is 20.7. The van der Waals surface area contributed by atoms with Crippen LogP contribution < -0.4 is 5.32 Å². The van der Waals surface area contributed by atoms with Gasteiger partial charge in [-0.2, -0.15) is 0 Å². The zero-order valence-corrected chi connectivity index (χ0v) is 15.3. The smallest absolute Gasteiger partial charge is 0.251 e. The highest BCUT2D eigenvalue weighted by molar-refractivity contribution is 5.94. The van der Waals surface area contributed by atoms with Crippen molar-refractivity contribution in [3.63, 3.8) is 0 Å². The van der Waals surface area contributed by atoms with Gasteiger partial charge in [0, 0.05) is 31.6 Å².